The normalized spacial score (nSPS) is 25.9. The Bertz CT molecular complexity index is 803. The van der Waals surface area contributed by atoms with Crippen LogP contribution in [0.1, 0.15) is 24.0 Å². The van der Waals surface area contributed by atoms with Gasteiger partial charge in [0.15, 0.2) is 0 Å². The zero-order chi connectivity index (χ0) is 16.3. The zero-order valence-corrected chi connectivity index (χ0v) is 13.5. The highest BCUT2D eigenvalue weighted by atomic mass is 32.2. The maximum Gasteiger partial charge on any atom is 0.271 e. The fourth-order valence-corrected chi connectivity index (χ4v) is 3.63. The lowest BCUT2D eigenvalue weighted by molar-refractivity contribution is 0.464. The number of hydrogen-bond acceptors (Lipinski definition) is 3. The first-order valence-corrected chi connectivity index (χ1v) is 9.18. The summed E-state index contributed by atoms with van der Waals surface area (Å²) in [5, 5.41) is -0.772. The first-order valence-electron chi connectivity index (χ1n) is 7.68. The zero-order valence-electron chi connectivity index (χ0n) is 12.7. The molecule has 5 heteroatoms. The van der Waals surface area contributed by atoms with Crippen molar-refractivity contribution in [3.8, 4) is 0 Å². The highest BCUT2D eigenvalue weighted by Crippen LogP contribution is 2.23. The van der Waals surface area contributed by atoms with Crippen LogP contribution in [0.4, 0.5) is 0 Å². The summed E-state index contributed by atoms with van der Waals surface area (Å²) >= 11 is 0. The van der Waals surface area contributed by atoms with Gasteiger partial charge in [-0.25, -0.2) is 0 Å². The molecule has 1 aromatic rings. The maximum absolute atomic E-state index is 11.1. The summed E-state index contributed by atoms with van der Waals surface area (Å²) in [7, 11) is -3.97. The molecule has 120 valence electrons. The average Bonchev–Trinajstić information content (AvgIpc) is 2.55. The Morgan fingerprint density at radius 3 is 2.74 bits per heavy atom. The number of allylic oxidation sites excluding steroid dienone is 4. The number of benzene rings is 1. The molecule has 0 heterocycles. The second-order valence-corrected chi connectivity index (χ2v) is 7.43. The van der Waals surface area contributed by atoms with E-state index >= 15 is 0 Å². The number of hydrogen-bond donors (Lipinski definition) is 1. The van der Waals surface area contributed by atoms with E-state index in [1.165, 1.54) is 5.56 Å². The van der Waals surface area contributed by atoms with Gasteiger partial charge in [0.05, 0.1) is 5.71 Å². The SMILES string of the molecule is O=S(=O)(O)C1C=CC(C=CN=C2C=CCc3ccccc32)CC1. The molecule has 1 aromatic carbocycles. The molecule has 2 aliphatic carbocycles. The van der Waals surface area contributed by atoms with Crippen molar-refractivity contribution < 1.29 is 13.0 Å². The second kappa shape index (κ2) is 6.64. The predicted molar refractivity (Wildman–Crippen MR) is 92.2 cm³/mol. The highest BCUT2D eigenvalue weighted by molar-refractivity contribution is 7.86. The van der Waals surface area contributed by atoms with Crippen molar-refractivity contribution in [1.82, 2.24) is 0 Å². The number of aliphatic imine (C=N–C) groups is 1. The van der Waals surface area contributed by atoms with Crippen LogP contribution in [0, 0.1) is 5.92 Å². The van der Waals surface area contributed by atoms with Crippen LogP contribution in [0.15, 0.2) is 65.8 Å². The van der Waals surface area contributed by atoms with Crippen LogP contribution in [0.25, 0.3) is 0 Å². The summed E-state index contributed by atoms with van der Waals surface area (Å²) in [5.74, 6) is 0.153. The van der Waals surface area contributed by atoms with E-state index in [9.17, 15) is 8.42 Å². The fourth-order valence-electron chi connectivity index (χ4n) is 2.91. The molecule has 0 bridgehead atoms. The molecular weight excluding hydrogens is 310 g/mol. The average molecular weight is 329 g/mol. The largest absolute Gasteiger partial charge is 0.285 e. The Morgan fingerprint density at radius 2 is 2.00 bits per heavy atom. The maximum atomic E-state index is 11.1. The Hall–Kier alpha value is -1.98. The predicted octanol–water partition coefficient (Wildman–Crippen LogP) is 3.32. The third kappa shape index (κ3) is 3.86. The van der Waals surface area contributed by atoms with Crippen LogP contribution < -0.4 is 0 Å². The Balaban J connectivity index is 1.70. The van der Waals surface area contributed by atoms with E-state index in [0.717, 1.165) is 17.7 Å². The first-order chi connectivity index (χ1) is 11.0. The smallest absolute Gasteiger partial charge is 0.271 e. The molecule has 0 saturated heterocycles. The Morgan fingerprint density at radius 1 is 1.17 bits per heavy atom. The van der Waals surface area contributed by atoms with E-state index in [1.54, 1.807) is 12.3 Å². The number of fused-ring (bicyclic) bond motifs is 1. The molecule has 0 aliphatic heterocycles. The molecule has 2 aliphatic rings. The van der Waals surface area contributed by atoms with Crippen LogP contribution in [-0.4, -0.2) is 23.9 Å². The van der Waals surface area contributed by atoms with Gasteiger partial charge in [-0.05, 0) is 36.8 Å². The van der Waals surface area contributed by atoms with Gasteiger partial charge in [-0.1, -0.05) is 48.6 Å². The summed E-state index contributed by atoms with van der Waals surface area (Å²) in [4.78, 5) is 4.53. The molecule has 4 nitrogen and oxygen atoms in total. The molecular formula is C18H19NO3S. The molecule has 23 heavy (non-hydrogen) atoms. The third-order valence-electron chi connectivity index (χ3n) is 4.19. The summed E-state index contributed by atoms with van der Waals surface area (Å²) in [6.45, 7) is 0. The van der Waals surface area contributed by atoms with Crippen molar-refractivity contribution in [3.05, 3.63) is 72.0 Å². The molecule has 2 unspecified atom stereocenters. The van der Waals surface area contributed by atoms with Crippen LogP contribution in [0.3, 0.4) is 0 Å². The van der Waals surface area contributed by atoms with Crippen LogP contribution in [-0.2, 0) is 16.5 Å². The van der Waals surface area contributed by atoms with Gasteiger partial charge in [-0.15, -0.1) is 0 Å². The summed E-state index contributed by atoms with van der Waals surface area (Å²) in [6.07, 6.45) is 13.3. The van der Waals surface area contributed by atoms with E-state index in [4.69, 9.17) is 4.55 Å². The molecule has 0 saturated carbocycles. The first kappa shape index (κ1) is 15.9. The van der Waals surface area contributed by atoms with Gasteiger partial charge in [-0.2, -0.15) is 8.42 Å². The topological polar surface area (TPSA) is 66.7 Å². The van der Waals surface area contributed by atoms with Gasteiger partial charge in [0.2, 0.25) is 0 Å². The number of nitrogens with zero attached hydrogens (tertiary/aromatic N) is 1. The van der Waals surface area contributed by atoms with E-state index < -0.39 is 15.4 Å². The second-order valence-electron chi connectivity index (χ2n) is 5.80. The van der Waals surface area contributed by atoms with Gasteiger partial charge in [0.1, 0.15) is 5.25 Å². The molecule has 2 atom stereocenters. The highest BCUT2D eigenvalue weighted by Gasteiger charge is 2.23. The summed E-state index contributed by atoms with van der Waals surface area (Å²) in [6, 6.07) is 8.22. The Labute approximate surface area is 136 Å². The van der Waals surface area contributed by atoms with Crippen molar-refractivity contribution in [2.24, 2.45) is 10.9 Å². The minimum absolute atomic E-state index is 0.153. The van der Waals surface area contributed by atoms with Gasteiger partial charge >= 0.3 is 0 Å². The van der Waals surface area contributed by atoms with Crippen molar-refractivity contribution in [2.45, 2.75) is 24.5 Å². The lowest BCUT2D eigenvalue weighted by Gasteiger charge is -2.18. The van der Waals surface area contributed by atoms with E-state index in [1.807, 2.05) is 30.4 Å². The molecule has 1 N–H and O–H groups in total. The molecule has 0 spiro atoms. The molecule has 3 rings (SSSR count). The molecule has 0 amide bonds. The number of rotatable bonds is 3. The van der Waals surface area contributed by atoms with E-state index in [0.29, 0.717) is 12.8 Å². The quantitative estimate of drug-likeness (QED) is 0.683. The van der Waals surface area contributed by atoms with Crippen LogP contribution in [0.2, 0.25) is 0 Å². The van der Waals surface area contributed by atoms with Gasteiger partial charge in [0.25, 0.3) is 10.1 Å². The Kier molecular flexibility index (Phi) is 4.59. The minimum atomic E-state index is -3.97. The molecule has 0 fully saturated rings. The van der Waals surface area contributed by atoms with Crippen molar-refractivity contribution in [1.29, 1.82) is 0 Å². The minimum Gasteiger partial charge on any atom is -0.285 e. The summed E-state index contributed by atoms with van der Waals surface area (Å²) in [5.41, 5.74) is 3.37. The van der Waals surface area contributed by atoms with Gasteiger partial charge in [0, 0.05) is 11.8 Å². The van der Waals surface area contributed by atoms with E-state index in [-0.39, 0.29) is 5.92 Å². The van der Waals surface area contributed by atoms with Crippen LogP contribution in [0.5, 0.6) is 0 Å². The van der Waals surface area contributed by atoms with E-state index in [2.05, 4.69) is 23.2 Å². The monoisotopic (exact) mass is 329 g/mol. The van der Waals surface area contributed by atoms with Crippen LogP contribution >= 0.6 is 0 Å². The van der Waals surface area contributed by atoms with Gasteiger partial charge in [-0.3, -0.25) is 9.55 Å². The standard InChI is InChI=1S/C18H19NO3S/c20-23(21,22)16-10-8-14(9-11-16)12-13-19-18-7-3-5-15-4-1-2-6-17(15)18/h1-4,6-8,10,12-14,16H,5,9,11H2,(H,20,21,22). The lowest BCUT2D eigenvalue weighted by Crippen LogP contribution is -2.21. The molecule has 0 aromatic heterocycles. The lowest BCUT2D eigenvalue weighted by atomic mass is 9.95. The van der Waals surface area contributed by atoms with Gasteiger partial charge < -0.3 is 0 Å². The summed E-state index contributed by atoms with van der Waals surface area (Å²) < 4.78 is 31.2. The third-order valence-corrected chi connectivity index (χ3v) is 5.35. The van der Waals surface area contributed by atoms with Crippen molar-refractivity contribution in [2.75, 3.05) is 0 Å². The van der Waals surface area contributed by atoms with Crippen molar-refractivity contribution >= 4 is 15.8 Å². The molecule has 0 radical (unpaired) electrons. The van der Waals surface area contributed by atoms with Crippen molar-refractivity contribution in [3.63, 3.8) is 0 Å². The fraction of sp³-hybridized carbons (Fsp3) is 0.278.